The number of phenolic OH excluding ortho intramolecular Hbond substituents is 1. The van der Waals surface area contributed by atoms with Crippen LogP contribution in [-0.4, -0.2) is 16.0 Å². The molecule has 0 bridgehead atoms. The van der Waals surface area contributed by atoms with Crippen molar-refractivity contribution in [1.29, 1.82) is 0 Å². The number of hydrogen-bond acceptors (Lipinski definition) is 5. The van der Waals surface area contributed by atoms with Crippen molar-refractivity contribution in [2.75, 3.05) is 0 Å². The van der Waals surface area contributed by atoms with E-state index in [0.717, 1.165) is 11.3 Å². The smallest absolute Gasteiger partial charge is 0.340 e. The van der Waals surface area contributed by atoms with Gasteiger partial charge in [-0.2, -0.15) is 0 Å². The molecule has 2 N–H and O–H groups in total. The molecule has 0 spiro atoms. The number of nitrogens with one attached hydrogen (secondary N) is 1. The van der Waals surface area contributed by atoms with Crippen LogP contribution in [0.3, 0.4) is 0 Å². The van der Waals surface area contributed by atoms with Crippen LogP contribution in [0.15, 0.2) is 45.7 Å². The van der Waals surface area contributed by atoms with Gasteiger partial charge in [0.15, 0.2) is 0 Å². The predicted octanol–water partition coefficient (Wildman–Crippen LogP) is 2.37. The molecule has 0 unspecified atom stereocenters. The third-order valence-corrected chi connectivity index (χ3v) is 4.03. The van der Waals surface area contributed by atoms with E-state index in [0.29, 0.717) is 16.5 Å². The molecule has 0 aliphatic rings. The Morgan fingerprint density at radius 2 is 2.08 bits per heavy atom. The van der Waals surface area contributed by atoms with Crippen LogP contribution in [0.2, 0.25) is 0 Å². The van der Waals surface area contributed by atoms with Gasteiger partial charge in [-0.3, -0.25) is 9.78 Å². The van der Waals surface area contributed by atoms with Gasteiger partial charge in [0.1, 0.15) is 11.3 Å². The Bertz CT molecular complexity index is 994. The number of amides is 1. The molecule has 2 heterocycles. The first-order valence-corrected chi connectivity index (χ1v) is 7.88. The Kier molecular flexibility index (Phi) is 4.52. The predicted molar refractivity (Wildman–Crippen MR) is 93.4 cm³/mol. The van der Waals surface area contributed by atoms with E-state index in [2.05, 4.69) is 10.3 Å². The second-order valence-corrected chi connectivity index (χ2v) is 5.92. The number of carbonyl (C=O) groups excluding carboxylic acids is 1. The lowest BCUT2D eigenvalue weighted by Crippen LogP contribution is -2.27. The van der Waals surface area contributed by atoms with Crippen molar-refractivity contribution in [3.05, 3.63) is 69.3 Å². The molecule has 3 aromatic rings. The number of nitrogens with zero attached hydrogens (tertiary/aromatic N) is 1. The molecule has 1 aromatic carbocycles. The van der Waals surface area contributed by atoms with Gasteiger partial charge in [0.25, 0.3) is 0 Å². The summed E-state index contributed by atoms with van der Waals surface area (Å²) in [6.45, 7) is 3.78. The molecule has 3 rings (SSSR count). The third-order valence-electron chi connectivity index (χ3n) is 4.03. The van der Waals surface area contributed by atoms with Crippen molar-refractivity contribution in [3.63, 3.8) is 0 Å². The number of aryl methyl sites for hydroxylation is 2. The number of carbonyl (C=O) groups is 1. The van der Waals surface area contributed by atoms with Gasteiger partial charge < -0.3 is 14.8 Å². The second kappa shape index (κ2) is 6.76. The zero-order valence-corrected chi connectivity index (χ0v) is 14.0. The molecule has 2 aromatic heterocycles. The van der Waals surface area contributed by atoms with Gasteiger partial charge in [-0.1, -0.05) is 6.07 Å². The molecule has 128 valence electrons. The van der Waals surface area contributed by atoms with E-state index in [-0.39, 0.29) is 30.2 Å². The summed E-state index contributed by atoms with van der Waals surface area (Å²) >= 11 is 0. The third kappa shape index (κ3) is 3.52. The van der Waals surface area contributed by atoms with Crippen molar-refractivity contribution in [2.45, 2.75) is 26.8 Å². The Balaban J connectivity index is 1.86. The van der Waals surface area contributed by atoms with Crippen molar-refractivity contribution in [2.24, 2.45) is 0 Å². The molecule has 0 saturated carbocycles. The van der Waals surface area contributed by atoms with Gasteiger partial charge >= 0.3 is 5.63 Å². The molecule has 25 heavy (non-hydrogen) atoms. The Labute approximate surface area is 144 Å². The molecule has 0 aliphatic heterocycles. The summed E-state index contributed by atoms with van der Waals surface area (Å²) in [6.07, 6.45) is 1.53. The fourth-order valence-corrected chi connectivity index (χ4v) is 2.78. The van der Waals surface area contributed by atoms with Crippen LogP contribution in [0, 0.1) is 13.8 Å². The topological polar surface area (TPSA) is 92.4 Å². The fourth-order valence-electron chi connectivity index (χ4n) is 2.78. The van der Waals surface area contributed by atoms with Crippen molar-refractivity contribution in [3.8, 4) is 5.75 Å². The van der Waals surface area contributed by atoms with E-state index in [4.69, 9.17) is 4.42 Å². The van der Waals surface area contributed by atoms with Crippen LogP contribution in [0.5, 0.6) is 5.75 Å². The molecule has 6 heteroatoms. The minimum atomic E-state index is -0.567. The van der Waals surface area contributed by atoms with Crippen LogP contribution >= 0.6 is 0 Å². The summed E-state index contributed by atoms with van der Waals surface area (Å²) in [7, 11) is 0. The number of pyridine rings is 1. The molecular weight excluding hydrogens is 320 g/mol. The van der Waals surface area contributed by atoms with E-state index < -0.39 is 5.63 Å². The minimum Gasteiger partial charge on any atom is -0.507 e. The van der Waals surface area contributed by atoms with E-state index in [9.17, 15) is 14.7 Å². The Morgan fingerprint density at radius 1 is 1.28 bits per heavy atom. The number of rotatable bonds is 4. The Morgan fingerprint density at radius 3 is 2.80 bits per heavy atom. The standard InChI is InChI=1S/C19H18N2O4/c1-11-7-15(22)18-12(2)14(19(24)25-16(18)8-11)9-17(23)21-10-13-5-3-4-6-20-13/h3-8,22H,9-10H2,1-2H3,(H,21,23). The van der Waals surface area contributed by atoms with E-state index in [1.54, 1.807) is 44.3 Å². The summed E-state index contributed by atoms with van der Waals surface area (Å²) in [5.74, 6) is -0.279. The van der Waals surface area contributed by atoms with Gasteiger partial charge in [0.2, 0.25) is 5.91 Å². The first-order valence-electron chi connectivity index (χ1n) is 7.88. The van der Waals surface area contributed by atoms with Crippen LogP contribution in [0.1, 0.15) is 22.4 Å². The molecule has 1 amide bonds. The highest BCUT2D eigenvalue weighted by molar-refractivity contribution is 5.89. The molecule has 6 nitrogen and oxygen atoms in total. The highest BCUT2D eigenvalue weighted by Crippen LogP contribution is 2.29. The summed E-state index contributed by atoms with van der Waals surface area (Å²) < 4.78 is 5.29. The highest BCUT2D eigenvalue weighted by Gasteiger charge is 2.17. The van der Waals surface area contributed by atoms with Crippen LogP contribution in [0.4, 0.5) is 0 Å². The van der Waals surface area contributed by atoms with E-state index in [1.807, 2.05) is 6.07 Å². The maximum Gasteiger partial charge on any atom is 0.340 e. The normalized spacial score (nSPS) is 10.8. The van der Waals surface area contributed by atoms with Crippen molar-refractivity contribution in [1.82, 2.24) is 10.3 Å². The maximum atomic E-state index is 12.2. The molecule has 0 atom stereocenters. The van der Waals surface area contributed by atoms with Crippen molar-refractivity contribution < 1.29 is 14.3 Å². The SMILES string of the molecule is Cc1cc(O)c2c(C)c(CC(=O)NCc3ccccn3)c(=O)oc2c1. The maximum absolute atomic E-state index is 12.2. The quantitative estimate of drug-likeness (QED) is 0.713. The van der Waals surface area contributed by atoms with Crippen molar-refractivity contribution >= 4 is 16.9 Å². The first kappa shape index (κ1) is 16.7. The Hall–Kier alpha value is -3.15. The summed E-state index contributed by atoms with van der Waals surface area (Å²) in [4.78, 5) is 28.6. The lowest BCUT2D eigenvalue weighted by atomic mass is 10.0. The number of aromatic hydroxyl groups is 1. The second-order valence-electron chi connectivity index (χ2n) is 5.92. The molecule has 0 saturated heterocycles. The largest absolute Gasteiger partial charge is 0.507 e. The van der Waals surface area contributed by atoms with E-state index in [1.165, 1.54) is 0 Å². The lowest BCUT2D eigenvalue weighted by Gasteiger charge is -2.10. The zero-order chi connectivity index (χ0) is 18.0. The molecule has 0 aliphatic carbocycles. The van der Waals surface area contributed by atoms with Gasteiger partial charge in [0.05, 0.1) is 29.6 Å². The van der Waals surface area contributed by atoms with Gasteiger partial charge in [-0.05, 0) is 49.2 Å². The molecule has 0 fully saturated rings. The summed E-state index contributed by atoms with van der Waals surface area (Å²) in [5, 5.41) is 13.3. The van der Waals surface area contributed by atoms with Gasteiger partial charge in [0, 0.05) is 6.20 Å². The molecular formula is C19H18N2O4. The average Bonchev–Trinajstić information content (AvgIpc) is 2.57. The summed E-state index contributed by atoms with van der Waals surface area (Å²) in [6, 6.07) is 8.72. The van der Waals surface area contributed by atoms with Crippen LogP contribution in [0.25, 0.3) is 11.0 Å². The van der Waals surface area contributed by atoms with E-state index >= 15 is 0 Å². The van der Waals surface area contributed by atoms with Gasteiger partial charge in [-0.15, -0.1) is 0 Å². The monoisotopic (exact) mass is 338 g/mol. The summed E-state index contributed by atoms with van der Waals surface area (Å²) in [5.41, 5.74) is 2.06. The molecule has 0 radical (unpaired) electrons. The number of phenols is 1. The van der Waals surface area contributed by atoms with Crippen LogP contribution in [-0.2, 0) is 17.8 Å². The first-order chi connectivity index (χ1) is 12.0. The fraction of sp³-hybridized carbons (Fsp3) is 0.211. The minimum absolute atomic E-state index is 0.0337. The zero-order valence-electron chi connectivity index (χ0n) is 14.0. The number of aromatic nitrogens is 1. The average molecular weight is 338 g/mol. The number of hydrogen-bond donors (Lipinski definition) is 2. The van der Waals surface area contributed by atoms with Crippen LogP contribution < -0.4 is 10.9 Å². The lowest BCUT2D eigenvalue weighted by molar-refractivity contribution is -0.120. The number of fused-ring (bicyclic) bond motifs is 1. The number of benzene rings is 1. The highest BCUT2D eigenvalue weighted by atomic mass is 16.4. The van der Waals surface area contributed by atoms with Gasteiger partial charge in [-0.25, -0.2) is 4.79 Å².